The van der Waals surface area contributed by atoms with E-state index in [2.05, 4.69) is 5.10 Å². The molecule has 14 heavy (non-hydrogen) atoms. The van der Waals surface area contributed by atoms with Gasteiger partial charge in [-0.15, -0.1) is 0 Å². The molecule has 0 spiro atoms. The number of nitrogens with two attached hydrogens (primary N) is 1. The number of hydrogen-bond acceptors (Lipinski definition) is 3. The lowest BCUT2D eigenvalue weighted by atomic mass is 10.2. The largest absolute Gasteiger partial charge is 0.495 e. The highest BCUT2D eigenvalue weighted by atomic mass is 16.5. The van der Waals surface area contributed by atoms with Gasteiger partial charge in [0.15, 0.2) is 0 Å². The van der Waals surface area contributed by atoms with E-state index in [-0.39, 0.29) is 0 Å². The van der Waals surface area contributed by atoms with Gasteiger partial charge in [0, 0.05) is 12.4 Å². The Morgan fingerprint density at radius 1 is 1.36 bits per heavy atom. The monoisotopic (exact) mass is 189 g/mol. The number of nitrogens with zero attached hydrogens (tertiary/aromatic N) is 2. The Kier molecular flexibility index (Phi) is 2.10. The normalized spacial score (nSPS) is 10.1. The summed E-state index contributed by atoms with van der Waals surface area (Å²) in [5.41, 5.74) is 7.32. The third-order valence-electron chi connectivity index (χ3n) is 2.01. The lowest BCUT2D eigenvalue weighted by Crippen LogP contribution is -2.01. The second-order valence-corrected chi connectivity index (χ2v) is 2.84. The van der Waals surface area contributed by atoms with Gasteiger partial charge < -0.3 is 10.5 Å². The van der Waals surface area contributed by atoms with Crippen molar-refractivity contribution in [3.8, 4) is 11.4 Å². The Morgan fingerprint density at radius 2 is 2.21 bits per heavy atom. The van der Waals surface area contributed by atoms with Gasteiger partial charge >= 0.3 is 0 Å². The summed E-state index contributed by atoms with van der Waals surface area (Å²) in [4.78, 5) is 0. The molecule has 4 heteroatoms. The summed E-state index contributed by atoms with van der Waals surface area (Å²) >= 11 is 0. The maximum atomic E-state index is 5.90. The number of rotatable bonds is 2. The number of hydrogen-bond donors (Lipinski definition) is 1. The fourth-order valence-corrected chi connectivity index (χ4v) is 1.32. The van der Waals surface area contributed by atoms with Crippen molar-refractivity contribution in [3.05, 3.63) is 36.7 Å². The topological polar surface area (TPSA) is 53.1 Å². The van der Waals surface area contributed by atoms with Crippen LogP contribution in [0.5, 0.6) is 5.75 Å². The molecule has 0 aliphatic heterocycles. The highest BCUT2D eigenvalue weighted by Crippen LogP contribution is 2.26. The van der Waals surface area contributed by atoms with Gasteiger partial charge in [0.1, 0.15) is 11.4 Å². The molecule has 0 radical (unpaired) electrons. The van der Waals surface area contributed by atoms with Crippen LogP contribution in [0.2, 0.25) is 0 Å². The summed E-state index contributed by atoms with van der Waals surface area (Å²) in [6.07, 6.45) is 3.55. The van der Waals surface area contributed by atoms with Crippen LogP contribution in [-0.2, 0) is 0 Å². The molecule has 0 bridgehead atoms. The smallest absolute Gasteiger partial charge is 0.143 e. The van der Waals surface area contributed by atoms with Crippen LogP contribution in [0.25, 0.3) is 5.69 Å². The van der Waals surface area contributed by atoms with E-state index in [4.69, 9.17) is 10.5 Å². The van der Waals surface area contributed by atoms with Gasteiger partial charge in [-0.2, -0.15) is 5.10 Å². The molecule has 0 amide bonds. The Labute approximate surface area is 81.9 Å². The van der Waals surface area contributed by atoms with Crippen LogP contribution >= 0.6 is 0 Å². The summed E-state index contributed by atoms with van der Waals surface area (Å²) in [5.74, 6) is 0.665. The second-order valence-electron chi connectivity index (χ2n) is 2.84. The molecule has 0 saturated carbocycles. The average Bonchev–Trinajstić information content (AvgIpc) is 2.71. The number of anilines is 1. The van der Waals surface area contributed by atoms with Crippen LogP contribution in [0.15, 0.2) is 36.7 Å². The Morgan fingerprint density at radius 3 is 2.86 bits per heavy atom. The first-order chi connectivity index (χ1) is 6.83. The molecule has 1 heterocycles. The highest BCUT2D eigenvalue weighted by molar-refractivity contribution is 5.66. The lowest BCUT2D eigenvalue weighted by molar-refractivity contribution is 0.416. The molecule has 0 aliphatic rings. The predicted octanol–water partition coefficient (Wildman–Crippen LogP) is 1.46. The van der Waals surface area contributed by atoms with Crippen LogP contribution in [0.3, 0.4) is 0 Å². The van der Waals surface area contributed by atoms with Crippen LogP contribution in [0, 0.1) is 0 Å². The van der Waals surface area contributed by atoms with Crippen molar-refractivity contribution in [2.75, 3.05) is 12.8 Å². The van der Waals surface area contributed by atoms with E-state index in [1.165, 1.54) is 0 Å². The minimum atomic E-state index is 0.596. The number of ether oxygens (including phenoxy) is 1. The minimum absolute atomic E-state index is 0.596. The van der Waals surface area contributed by atoms with Crippen molar-refractivity contribution in [2.24, 2.45) is 0 Å². The summed E-state index contributed by atoms with van der Waals surface area (Å²) in [7, 11) is 1.60. The fraction of sp³-hybridized carbons (Fsp3) is 0.100. The van der Waals surface area contributed by atoms with Gasteiger partial charge in [0.05, 0.1) is 12.8 Å². The Bertz CT molecular complexity index is 423. The summed E-state index contributed by atoms with van der Waals surface area (Å²) in [5, 5.41) is 4.10. The standard InChI is InChI=1S/C10H11N3O/c1-14-9-5-2-4-8(10(9)11)13-7-3-6-12-13/h2-7H,11H2,1H3. The van der Waals surface area contributed by atoms with Crippen LogP contribution in [0.4, 0.5) is 5.69 Å². The van der Waals surface area contributed by atoms with Crippen molar-refractivity contribution >= 4 is 5.69 Å². The summed E-state index contributed by atoms with van der Waals surface area (Å²) < 4.78 is 6.82. The molecule has 0 unspecified atom stereocenters. The zero-order valence-electron chi connectivity index (χ0n) is 7.84. The maximum absolute atomic E-state index is 5.90. The molecular weight excluding hydrogens is 178 g/mol. The molecule has 1 aromatic carbocycles. The molecule has 72 valence electrons. The molecule has 2 N–H and O–H groups in total. The number of methoxy groups -OCH3 is 1. The first kappa shape index (κ1) is 8.62. The molecule has 0 saturated heterocycles. The van der Waals surface area contributed by atoms with Gasteiger partial charge in [-0.3, -0.25) is 0 Å². The van der Waals surface area contributed by atoms with E-state index in [0.717, 1.165) is 5.69 Å². The number of benzene rings is 1. The first-order valence-corrected chi connectivity index (χ1v) is 4.25. The second kappa shape index (κ2) is 3.41. The molecule has 1 aromatic heterocycles. The Hall–Kier alpha value is -1.97. The molecule has 2 aromatic rings. The SMILES string of the molecule is COc1cccc(-n2cccn2)c1N. The van der Waals surface area contributed by atoms with Gasteiger partial charge in [-0.05, 0) is 18.2 Å². The van der Waals surface area contributed by atoms with Crippen molar-refractivity contribution in [2.45, 2.75) is 0 Å². The molecule has 4 nitrogen and oxygen atoms in total. The predicted molar refractivity (Wildman–Crippen MR) is 54.5 cm³/mol. The molecule has 2 rings (SSSR count). The third kappa shape index (κ3) is 1.31. The van der Waals surface area contributed by atoms with E-state index in [9.17, 15) is 0 Å². The summed E-state index contributed by atoms with van der Waals surface area (Å²) in [6, 6.07) is 7.44. The number of aromatic nitrogens is 2. The van der Waals surface area contributed by atoms with Crippen LogP contribution < -0.4 is 10.5 Å². The number of para-hydroxylation sites is 1. The fourth-order valence-electron chi connectivity index (χ4n) is 1.32. The maximum Gasteiger partial charge on any atom is 0.143 e. The molecular formula is C10H11N3O. The van der Waals surface area contributed by atoms with E-state index in [1.807, 2.05) is 30.5 Å². The quantitative estimate of drug-likeness (QED) is 0.728. The van der Waals surface area contributed by atoms with Gasteiger partial charge in [0.25, 0.3) is 0 Å². The highest BCUT2D eigenvalue weighted by Gasteiger charge is 2.06. The first-order valence-electron chi connectivity index (χ1n) is 4.25. The van der Waals surface area contributed by atoms with Crippen molar-refractivity contribution in [1.82, 2.24) is 9.78 Å². The van der Waals surface area contributed by atoms with Crippen molar-refractivity contribution in [1.29, 1.82) is 0 Å². The zero-order chi connectivity index (χ0) is 9.97. The summed E-state index contributed by atoms with van der Waals surface area (Å²) in [6.45, 7) is 0. The molecule has 0 atom stereocenters. The van der Waals surface area contributed by atoms with E-state index in [1.54, 1.807) is 18.0 Å². The average molecular weight is 189 g/mol. The zero-order valence-corrected chi connectivity index (χ0v) is 7.84. The van der Waals surface area contributed by atoms with Crippen LogP contribution in [0.1, 0.15) is 0 Å². The van der Waals surface area contributed by atoms with E-state index in [0.29, 0.717) is 11.4 Å². The number of nitrogen functional groups attached to an aromatic ring is 1. The molecule has 0 fully saturated rings. The van der Waals surface area contributed by atoms with E-state index >= 15 is 0 Å². The van der Waals surface area contributed by atoms with Crippen LogP contribution in [-0.4, -0.2) is 16.9 Å². The van der Waals surface area contributed by atoms with Gasteiger partial charge in [-0.25, -0.2) is 4.68 Å². The third-order valence-corrected chi connectivity index (χ3v) is 2.01. The minimum Gasteiger partial charge on any atom is -0.495 e. The molecule has 0 aliphatic carbocycles. The van der Waals surface area contributed by atoms with Crippen molar-refractivity contribution < 1.29 is 4.74 Å². The van der Waals surface area contributed by atoms with Gasteiger partial charge in [-0.1, -0.05) is 6.07 Å². The van der Waals surface area contributed by atoms with Gasteiger partial charge in [0.2, 0.25) is 0 Å². The Balaban J connectivity index is 2.54. The van der Waals surface area contributed by atoms with Crippen molar-refractivity contribution in [3.63, 3.8) is 0 Å². The van der Waals surface area contributed by atoms with E-state index < -0.39 is 0 Å². The lowest BCUT2D eigenvalue weighted by Gasteiger charge is -2.09.